The van der Waals surface area contributed by atoms with E-state index >= 15 is 0 Å². The van der Waals surface area contributed by atoms with Gasteiger partial charge in [0.25, 0.3) is 0 Å². The molecule has 0 saturated carbocycles. The highest BCUT2D eigenvalue weighted by Gasteiger charge is 2.40. The molecule has 0 aliphatic rings. The summed E-state index contributed by atoms with van der Waals surface area (Å²) in [5.41, 5.74) is 0.805. The number of ether oxygens (including phenoxy) is 1. The van der Waals surface area contributed by atoms with Crippen LogP contribution in [-0.4, -0.2) is 28.9 Å². The molecule has 0 aliphatic heterocycles. The van der Waals surface area contributed by atoms with Crippen LogP contribution in [0.15, 0.2) is 6.07 Å². The van der Waals surface area contributed by atoms with Crippen molar-refractivity contribution in [3.63, 3.8) is 0 Å². The second kappa shape index (κ2) is 7.12. The summed E-state index contributed by atoms with van der Waals surface area (Å²) < 4.78 is 54.1. The van der Waals surface area contributed by atoms with Gasteiger partial charge in [-0.15, -0.1) is 0 Å². The first-order valence-corrected chi connectivity index (χ1v) is 6.44. The molecule has 0 radical (unpaired) electrons. The highest BCUT2D eigenvalue weighted by molar-refractivity contribution is 7.71. The molecule has 1 aromatic rings. The molecule has 1 N–H and O–H groups in total. The van der Waals surface area contributed by atoms with Crippen molar-refractivity contribution in [2.45, 2.75) is 39.2 Å². The summed E-state index contributed by atoms with van der Waals surface area (Å²) >= 11 is 4.95. The molecule has 3 nitrogen and oxygen atoms in total. The fourth-order valence-electron chi connectivity index (χ4n) is 1.53. The van der Waals surface area contributed by atoms with Gasteiger partial charge in [-0.2, -0.15) is 8.78 Å². The van der Waals surface area contributed by atoms with Gasteiger partial charge in [0.1, 0.15) is 23.7 Å². The van der Waals surface area contributed by atoms with Crippen LogP contribution in [0.25, 0.3) is 0 Å². The number of halogens is 4. The van der Waals surface area contributed by atoms with E-state index in [9.17, 15) is 17.6 Å². The Bertz CT molecular complexity index is 491. The Morgan fingerprint density at radius 3 is 2.60 bits per heavy atom. The van der Waals surface area contributed by atoms with E-state index in [1.807, 2.05) is 13.8 Å². The summed E-state index contributed by atoms with van der Waals surface area (Å²) in [4.78, 5) is 6.80. The molecule has 0 amide bonds. The van der Waals surface area contributed by atoms with Crippen LogP contribution in [0, 0.1) is 10.6 Å². The molecular formula is C12H16F4N2OS. The van der Waals surface area contributed by atoms with Crippen molar-refractivity contribution in [1.29, 1.82) is 0 Å². The highest BCUT2D eigenvalue weighted by Crippen LogP contribution is 2.23. The van der Waals surface area contributed by atoms with Crippen LogP contribution < -0.4 is 0 Å². The van der Waals surface area contributed by atoms with E-state index in [4.69, 9.17) is 12.2 Å². The molecule has 8 heteroatoms. The number of aromatic nitrogens is 2. The molecule has 0 fully saturated rings. The van der Waals surface area contributed by atoms with Crippen LogP contribution in [0.4, 0.5) is 17.6 Å². The zero-order valence-electron chi connectivity index (χ0n) is 11.1. The maximum atomic E-state index is 12.7. The lowest BCUT2D eigenvalue weighted by Gasteiger charge is -2.15. The van der Waals surface area contributed by atoms with Crippen LogP contribution in [0.1, 0.15) is 25.4 Å². The Hall–Kier alpha value is -1.02. The molecule has 114 valence electrons. The van der Waals surface area contributed by atoms with E-state index in [0.717, 1.165) is 5.69 Å². The second-order valence-corrected chi connectivity index (χ2v) is 5.26. The van der Waals surface area contributed by atoms with Crippen molar-refractivity contribution in [3.8, 4) is 0 Å². The Morgan fingerprint density at radius 2 is 2.05 bits per heavy atom. The largest absolute Gasteiger partial charge is 0.367 e. The minimum atomic E-state index is -4.16. The van der Waals surface area contributed by atoms with Gasteiger partial charge in [0, 0.05) is 5.69 Å². The van der Waals surface area contributed by atoms with E-state index in [1.54, 1.807) is 6.07 Å². The van der Waals surface area contributed by atoms with E-state index in [1.165, 1.54) is 0 Å². The Balaban J connectivity index is 2.64. The van der Waals surface area contributed by atoms with E-state index in [-0.39, 0.29) is 12.4 Å². The van der Waals surface area contributed by atoms with E-state index in [0.29, 0.717) is 17.0 Å². The van der Waals surface area contributed by atoms with Gasteiger partial charge in [-0.3, -0.25) is 0 Å². The van der Waals surface area contributed by atoms with Gasteiger partial charge in [0.05, 0.1) is 0 Å². The van der Waals surface area contributed by atoms with Gasteiger partial charge in [0.2, 0.25) is 0 Å². The normalized spacial score (nSPS) is 12.4. The molecule has 0 aromatic carbocycles. The van der Waals surface area contributed by atoms with Crippen molar-refractivity contribution in [1.82, 2.24) is 9.97 Å². The second-order valence-electron chi connectivity index (χ2n) is 4.84. The molecule has 0 unspecified atom stereocenters. The van der Waals surface area contributed by atoms with Gasteiger partial charge in [-0.25, -0.2) is 13.8 Å². The SMILES string of the molecule is CC(C)Cc1cc(=S)nc(COCC(F)(F)C(F)F)[nH]1. The van der Waals surface area contributed by atoms with Crippen molar-refractivity contribution < 1.29 is 22.3 Å². The van der Waals surface area contributed by atoms with Gasteiger partial charge >= 0.3 is 12.3 Å². The number of rotatable bonds is 7. The number of aromatic amines is 1. The van der Waals surface area contributed by atoms with Gasteiger partial charge in [-0.05, 0) is 18.4 Å². The zero-order valence-corrected chi connectivity index (χ0v) is 11.9. The zero-order chi connectivity index (χ0) is 15.3. The topological polar surface area (TPSA) is 37.9 Å². The standard InChI is InChI=1S/C12H16F4N2OS/c1-7(2)3-8-4-10(20)18-9(17-8)5-19-6-12(15,16)11(13)14/h4,7,11H,3,5-6H2,1-2H3,(H,17,18,20). The van der Waals surface area contributed by atoms with Crippen LogP contribution in [0.2, 0.25) is 0 Å². The number of H-pyrrole nitrogens is 1. The lowest BCUT2D eigenvalue weighted by molar-refractivity contribution is -0.168. The van der Waals surface area contributed by atoms with Crippen LogP contribution in [0.5, 0.6) is 0 Å². The lowest BCUT2D eigenvalue weighted by Crippen LogP contribution is -2.32. The Morgan fingerprint density at radius 1 is 1.40 bits per heavy atom. The summed E-state index contributed by atoms with van der Waals surface area (Å²) in [6.07, 6.45) is -3.03. The number of hydrogen-bond acceptors (Lipinski definition) is 3. The van der Waals surface area contributed by atoms with Gasteiger partial charge in [-0.1, -0.05) is 26.1 Å². The Labute approximate surface area is 119 Å². The van der Waals surface area contributed by atoms with Crippen LogP contribution in [0.3, 0.4) is 0 Å². The van der Waals surface area contributed by atoms with E-state index in [2.05, 4.69) is 14.7 Å². The minimum absolute atomic E-state index is 0.248. The third kappa shape index (κ3) is 5.54. The Kier molecular flexibility index (Phi) is 6.07. The smallest absolute Gasteiger partial charge is 0.330 e. The molecule has 0 saturated heterocycles. The molecular weight excluding hydrogens is 296 g/mol. The van der Waals surface area contributed by atoms with Crippen molar-refractivity contribution in [2.24, 2.45) is 5.92 Å². The minimum Gasteiger partial charge on any atom is -0.367 e. The summed E-state index contributed by atoms with van der Waals surface area (Å²) in [5, 5.41) is 0. The molecule has 20 heavy (non-hydrogen) atoms. The molecule has 1 aromatic heterocycles. The average molecular weight is 312 g/mol. The summed E-state index contributed by atoms with van der Waals surface area (Å²) in [6.45, 7) is 2.34. The third-order valence-electron chi connectivity index (χ3n) is 2.33. The van der Waals surface area contributed by atoms with Crippen molar-refractivity contribution in [3.05, 3.63) is 22.2 Å². The summed E-state index contributed by atoms with van der Waals surface area (Å²) in [7, 11) is 0. The number of nitrogens with zero attached hydrogens (tertiary/aromatic N) is 1. The van der Waals surface area contributed by atoms with Crippen molar-refractivity contribution >= 4 is 12.2 Å². The monoisotopic (exact) mass is 312 g/mol. The number of hydrogen-bond donors (Lipinski definition) is 1. The van der Waals surface area contributed by atoms with Gasteiger partial charge in [0.15, 0.2) is 0 Å². The van der Waals surface area contributed by atoms with E-state index < -0.39 is 19.0 Å². The summed E-state index contributed by atoms with van der Waals surface area (Å²) in [5.74, 6) is -3.54. The molecule has 1 heterocycles. The third-order valence-corrected chi connectivity index (χ3v) is 2.54. The molecule has 0 bridgehead atoms. The van der Waals surface area contributed by atoms with Crippen LogP contribution >= 0.6 is 12.2 Å². The number of nitrogens with one attached hydrogen (secondary N) is 1. The maximum absolute atomic E-state index is 12.7. The summed E-state index contributed by atoms with van der Waals surface area (Å²) in [6, 6.07) is 1.67. The highest BCUT2D eigenvalue weighted by atomic mass is 32.1. The first-order valence-electron chi connectivity index (χ1n) is 6.03. The van der Waals surface area contributed by atoms with Crippen molar-refractivity contribution in [2.75, 3.05) is 6.61 Å². The van der Waals surface area contributed by atoms with Crippen LogP contribution in [-0.2, 0) is 17.8 Å². The fourth-order valence-corrected chi connectivity index (χ4v) is 1.78. The molecule has 0 atom stereocenters. The first kappa shape index (κ1) is 17.0. The first-order chi connectivity index (χ1) is 9.20. The average Bonchev–Trinajstić information content (AvgIpc) is 2.26. The molecule has 0 aliphatic carbocycles. The fraction of sp³-hybridized carbons (Fsp3) is 0.667. The molecule has 1 rings (SSSR count). The predicted molar refractivity (Wildman–Crippen MR) is 68.6 cm³/mol. The lowest BCUT2D eigenvalue weighted by atomic mass is 10.1. The quantitative estimate of drug-likeness (QED) is 0.615. The molecule has 0 spiro atoms. The van der Waals surface area contributed by atoms with Gasteiger partial charge < -0.3 is 9.72 Å². The maximum Gasteiger partial charge on any atom is 0.330 e. The predicted octanol–water partition coefficient (Wildman–Crippen LogP) is 3.75. The number of alkyl halides is 4.